The molecule has 2 N–H and O–H groups in total. The van der Waals surface area contributed by atoms with Crippen LogP contribution in [0.25, 0.3) is 0 Å². The predicted octanol–water partition coefficient (Wildman–Crippen LogP) is 1.74. The maximum Gasteiger partial charge on any atom is 0.490 e. The Kier molecular flexibility index (Phi) is 6.98. The van der Waals surface area contributed by atoms with Crippen LogP contribution in [0.4, 0.5) is 13.2 Å². The number of ether oxygens (including phenoxy) is 3. The van der Waals surface area contributed by atoms with Crippen molar-refractivity contribution in [3.8, 4) is 0 Å². The van der Waals surface area contributed by atoms with Crippen LogP contribution in [0.3, 0.4) is 0 Å². The summed E-state index contributed by atoms with van der Waals surface area (Å²) in [6.07, 6.45) is -0.209. The van der Waals surface area contributed by atoms with Crippen LogP contribution in [0.2, 0.25) is 0 Å². The first-order chi connectivity index (χ1) is 14.6. The standard InChI is InChI=1S/C18H25NO6.C2HF3O2/c1-11(20)23-9-12-5-6-13(19-12)10-24-15(22)18-8-7-17(4,14(21)25-18)16(18,2)3;3-2(4,5)1(6)7/h5-6,12-13,19H,7-10H2,1-4H3;(H,6,7)/t12-,13+,17+,18-;/m1./s1. The fourth-order valence-corrected chi connectivity index (χ4v) is 4.05. The highest BCUT2D eigenvalue weighted by atomic mass is 19.4. The molecule has 2 bridgehead atoms. The van der Waals surface area contributed by atoms with Gasteiger partial charge in [-0.3, -0.25) is 14.9 Å². The molecule has 12 heteroatoms. The van der Waals surface area contributed by atoms with E-state index in [9.17, 15) is 27.6 Å². The third-order valence-electron chi connectivity index (χ3n) is 6.52. The Bertz CT molecular complexity index is 824. The summed E-state index contributed by atoms with van der Waals surface area (Å²) >= 11 is 0. The minimum Gasteiger partial charge on any atom is -0.475 e. The molecule has 4 atom stereocenters. The highest BCUT2D eigenvalue weighted by molar-refractivity contribution is 5.93. The summed E-state index contributed by atoms with van der Waals surface area (Å²) in [6.45, 7) is 7.39. The minimum absolute atomic E-state index is 0.0960. The van der Waals surface area contributed by atoms with E-state index in [0.29, 0.717) is 12.8 Å². The van der Waals surface area contributed by atoms with Crippen LogP contribution in [0, 0.1) is 10.8 Å². The summed E-state index contributed by atoms with van der Waals surface area (Å²) < 4.78 is 47.7. The summed E-state index contributed by atoms with van der Waals surface area (Å²) in [5, 5.41) is 10.3. The number of carbonyl (C=O) groups excluding carboxylic acids is 3. The number of rotatable bonds is 5. The van der Waals surface area contributed by atoms with Crippen LogP contribution < -0.4 is 5.32 Å². The van der Waals surface area contributed by atoms with E-state index in [2.05, 4.69) is 5.32 Å². The second kappa shape index (κ2) is 8.72. The second-order valence-corrected chi connectivity index (χ2v) is 8.64. The highest BCUT2D eigenvalue weighted by Crippen LogP contribution is 2.65. The first-order valence-corrected chi connectivity index (χ1v) is 9.85. The number of aliphatic carboxylic acids is 1. The van der Waals surface area contributed by atoms with Crippen LogP contribution in [-0.2, 0) is 33.4 Å². The quantitative estimate of drug-likeness (QED) is 0.354. The average Bonchev–Trinajstić information content (AvgIpc) is 3.25. The third-order valence-corrected chi connectivity index (χ3v) is 6.52. The van der Waals surface area contributed by atoms with Crippen molar-refractivity contribution in [2.75, 3.05) is 13.2 Å². The molecule has 0 unspecified atom stereocenters. The number of halogens is 3. The summed E-state index contributed by atoms with van der Waals surface area (Å²) in [6, 6.07) is -0.254. The van der Waals surface area contributed by atoms with Crippen molar-refractivity contribution < 1.29 is 51.7 Å². The van der Waals surface area contributed by atoms with Crippen LogP contribution in [0.15, 0.2) is 12.2 Å². The Morgan fingerprint density at radius 3 is 2.00 bits per heavy atom. The van der Waals surface area contributed by atoms with Gasteiger partial charge in [-0.1, -0.05) is 26.0 Å². The Hall–Kier alpha value is -2.63. The maximum absolute atomic E-state index is 12.8. The van der Waals surface area contributed by atoms with Crippen molar-refractivity contribution in [1.82, 2.24) is 5.32 Å². The topological polar surface area (TPSA) is 128 Å². The van der Waals surface area contributed by atoms with Gasteiger partial charge in [-0.2, -0.15) is 13.2 Å². The molecule has 0 aromatic carbocycles. The summed E-state index contributed by atoms with van der Waals surface area (Å²) in [7, 11) is 0. The molecule has 2 heterocycles. The number of alkyl halides is 3. The molecule has 1 saturated heterocycles. The zero-order chi connectivity index (χ0) is 24.5. The van der Waals surface area contributed by atoms with E-state index >= 15 is 0 Å². The van der Waals surface area contributed by atoms with E-state index in [-0.39, 0.29) is 37.2 Å². The minimum atomic E-state index is -5.08. The molecule has 3 aliphatic rings. The van der Waals surface area contributed by atoms with Crippen LogP contribution >= 0.6 is 0 Å². The largest absolute Gasteiger partial charge is 0.490 e. The summed E-state index contributed by atoms with van der Waals surface area (Å²) in [5.74, 6) is -3.89. The number of fused-ring (bicyclic) bond motifs is 2. The molecule has 0 spiro atoms. The molecule has 180 valence electrons. The normalized spacial score (nSPS) is 32.0. The summed E-state index contributed by atoms with van der Waals surface area (Å²) in [5.41, 5.74) is -2.45. The first kappa shape index (κ1) is 25.6. The zero-order valence-electron chi connectivity index (χ0n) is 18.1. The Labute approximate surface area is 182 Å². The van der Waals surface area contributed by atoms with Crippen LogP contribution in [0.5, 0.6) is 0 Å². The summed E-state index contributed by atoms with van der Waals surface area (Å²) in [4.78, 5) is 44.7. The van der Waals surface area contributed by atoms with Crippen molar-refractivity contribution in [3.05, 3.63) is 12.2 Å². The highest BCUT2D eigenvalue weighted by Gasteiger charge is 2.76. The first-order valence-electron chi connectivity index (χ1n) is 9.85. The van der Waals surface area contributed by atoms with Gasteiger partial charge in [0.25, 0.3) is 0 Å². The van der Waals surface area contributed by atoms with E-state index in [1.807, 2.05) is 32.9 Å². The van der Waals surface area contributed by atoms with Gasteiger partial charge < -0.3 is 19.3 Å². The lowest BCUT2D eigenvalue weighted by Crippen LogP contribution is -2.49. The molecule has 0 aromatic heterocycles. The predicted molar refractivity (Wildman–Crippen MR) is 101 cm³/mol. The molecule has 32 heavy (non-hydrogen) atoms. The van der Waals surface area contributed by atoms with Gasteiger partial charge in [0.1, 0.15) is 13.2 Å². The second-order valence-electron chi connectivity index (χ2n) is 8.64. The average molecular weight is 465 g/mol. The van der Waals surface area contributed by atoms with Gasteiger partial charge >= 0.3 is 30.1 Å². The smallest absolute Gasteiger partial charge is 0.475 e. The fourth-order valence-electron chi connectivity index (χ4n) is 4.05. The van der Waals surface area contributed by atoms with E-state index in [0.717, 1.165) is 0 Å². The van der Waals surface area contributed by atoms with Crippen molar-refractivity contribution in [1.29, 1.82) is 0 Å². The van der Waals surface area contributed by atoms with Gasteiger partial charge in [0.2, 0.25) is 5.60 Å². The lowest BCUT2D eigenvalue weighted by Gasteiger charge is -2.34. The molecule has 0 radical (unpaired) electrons. The van der Waals surface area contributed by atoms with Crippen molar-refractivity contribution in [2.24, 2.45) is 10.8 Å². The van der Waals surface area contributed by atoms with Crippen LogP contribution in [0.1, 0.15) is 40.5 Å². The van der Waals surface area contributed by atoms with E-state index in [4.69, 9.17) is 24.1 Å². The molecular formula is C20H26F3NO8. The van der Waals surface area contributed by atoms with Crippen molar-refractivity contribution >= 4 is 23.9 Å². The van der Waals surface area contributed by atoms with Gasteiger partial charge in [-0.05, 0) is 19.8 Å². The van der Waals surface area contributed by atoms with Crippen LogP contribution in [-0.4, -0.2) is 66.1 Å². The Balaban J connectivity index is 0.000000451. The molecule has 2 aliphatic heterocycles. The number of esters is 3. The lowest BCUT2D eigenvalue weighted by molar-refractivity contribution is -0.192. The maximum atomic E-state index is 12.8. The lowest BCUT2D eigenvalue weighted by atomic mass is 9.66. The van der Waals surface area contributed by atoms with Crippen molar-refractivity contribution in [3.63, 3.8) is 0 Å². The molecule has 0 amide bonds. The number of nitrogens with one attached hydrogen (secondary N) is 1. The molecule has 1 aliphatic carbocycles. The monoisotopic (exact) mass is 465 g/mol. The Morgan fingerprint density at radius 1 is 1.12 bits per heavy atom. The van der Waals surface area contributed by atoms with E-state index in [1.54, 1.807) is 0 Å². The number of hydrogen-bond donors (Lipinski definition) is 2. The Morgan fingerprint density at radius 2 is 1.62 bits per heavy atom. The fraction of sp³-hybridized carbons (Fsp3) is 0.700. The van der Waals surface area contributed by atoms with Gasteiger partial charge in [-0.25, -0.2) is 9.59 Å². The van der Waals surface area contributed by atoms with Crippen molar-refractivity contribution in [2.45, 2.75) is 64.4 Å². The molecule has 0 aromatic rings. The number of carbonyl (C=O) groups is 4. The van der Waals surface area contributed by atoms with E-state index in [1.165, 1.54) is 6.92 Å². The SMILES string of the molecule is CC(=O)OC[C@H]1C=C[C@@H](COC(=O)[C@@]23CC[C@@](C)(C(=O)O2)C3(C)C)N1.O=C(O)C(F)(F)F. The third kappa shape index (κ3) is 4.59. The molecule has 1 saturated carbocycles. The van der Waals surface area contributed by atoms with Gasteiger partial charge in [0, 0.05) is 12.3 Å². The molecule has 2 fully saturated rings. The zero-order valence-corrected chi connectivity index (χ0v) is 18.1. The number of carboxylic acids is 1. The number of hydrogen-bond acceptors (Lipinski definition) is 8. The van der Waals surface area contributed by atoms with Gasteiger partial charge in [0.05, 0.1) is 17.5 Å². The van der Waals surface area contributed by atoms with E-state index < -0.39 is 34.5 Å². The molecule has 3 rings (SSSR count). The molecule has 9 nitrogen and oxygen atoms in total. The molecular weight excluding hydrogens is 439 g/mol. The van der Waals surface area contributed by atoms with Gasteiger partial charge in [-0.15, -0.1) is 0 Å². The van der Waals surface area contributed by atoms with Gasteiger partial charge in [0.15, 0.2) is 0 Å². The number of carboxylic acid groups (broad SMARTS) is 1.